The minimum atomic E-state index is -4.52. The Labute approximate surface area is 172 Å². The van der Waals surface area contributed by atoms with Crippen LogP contribution >= 0.6 is 0 Å². The van der Waals surface area contributed by atoms with Crippen molar-refractivity contribution >= 4 is 18.6 Å². The first-order chi connectivity index (χ1) is 14.6. The Morgan fingerprint density at radius 2 is 1.40 bits per heavy atom. The molecule has 148 valence electrons. The normalized spacial score (nSPS) is 19.7. The summed E-state index contributed by atoms with van der Waals surface area (Å²) in [6.45, 7) is 0. The Balaban J connectivity index is 1.51. The van der Waals surface area contributed by atoms with Crippen molar-refractivity contribution in [3.63, 3.8) is 0 Å². The van der Waals surface area contributed by atoms with Gasteiger partial charge in [-0.05, 0) is 29.8 Å². The molecule has 5 rings (SSSR count). The molecule has 0 saturated carbocycles. The van der Waals surface area contributed by atoms with E-state index in [-0.39, 0.29) is 11.5 Å². The second-order valence-corrected chi connectivity index (χ2v) is 6.88. The number of aromatic nitrogens is 1. The van der Waals surface area contributed by atoms with E-state index < -0.39 is 7.11 Å². The second kappa shape index (κ2) is 7.19. The Morgan fingerprint density at radius 3 is 2.13 bits per heavy atom. The summed E-state index contributed by atoms with van der Waals surface area (Å²) >= 11 is 0. The van der Waals surface area contributed by atoms with Crippen molar-refractivity contribution < 1.29 is 17.9 Å². The first-order valence-corrected chi connectivity index (χ1v) is 9.48. The van der Waals surface area contributed by atoms with Crippen LogP contribution in [0.4, 0.5) is 8.63 Å². The molecule has 0 saturated heterocycles. The summed E-state index contributed by atoms with van der Waals surface area (Å²) in [5.74, 6) is -0.0213. The van der Waals surface area contributed by atoms with Gasteiger partial charge in [0.1, 0.15) is 17.2 Å². The smallest absolute Gasteiger partial charge is 0.626 e. The van der Waals surface area contributed by atoms with E-state index in [9.17, 15) is 8.63 Å². The Bertz CT molecular complexity index is 1210. The van der Waals surface area contributed by atoms with E-state index in [1.807, 2.05) is 66.7 Å². The van der Waals surface area contributed by atoms with Crippen LogP contribution in [0.15, 0.2) is 107 Å². The molecule has 0 aliphatic carbocycles. The first kappa shape index (κ1) is 18.2. The van der Waals surface area contributed by atoms with Crippen LogP contribution in [0.25, 0.3) is 17.0 Å². The van der Waals surface area contributed by atoms with Crippen LogP contribution in [0.2, 0.25) is 0 Å². The standard InChI is InChI=1S/C23H16BF2N2O2/c25-24(26)29-22(20-13-11-18(27-20)16-7-3-1-4-8-16)15-23(30-24)21-14-12-19(28-21)17-9-5-2-6-10-17/h1-15,27H/q-1/b23-21-. The predicted octanol–water partition coefficient (Wildman–Crippen LogP) is 5.71. The number of hydrogen-bond acceptors (Lipinski definition) is 3. The zero-order valence-corrected chi connectivity index (χ0v) is 15.8. The molecule has 2 aliphatic heterocycles. The highest BCUT2D eigenvalue weighted by Crippen LogP contribution is 2.35. The van der Waals surface area contributed by atoms with Gasteiger partial charge in [-0.15, -0.1) is 0 Å². The molecule has 0 bridgehead atoms. The highest BCUT2D eigenvalue weighted by Gasteiger charge is 2.39. The maximum Gasteiger partial charge on any atom is 0.726 e. The highest BCUT2D eigenvalue weighted by atomic mass is 19.3. The molecule has 1 N–H and O–H groups in total. The molecule has 3 aromatic rings. The minimum Gasteiger partial charge on any atom is -0.626 e. The second-order valence-electron chi connectivity index (χ2n) is 6.88. The Kier molecular flexibility index (Phi) is 4.36. The largest absolute Gasteiger partial charge is 0.726 e. The van der Waals surface area contributed by atoms with Crippen molar-refractivity contribution in [2.75, 3.05) is 0 Å². The van der Waals surface area contributed by atoms with E-state index in [0.29, 0.717) is 17.1 Å². The molecule has 0 atom stereocenters. The van der Waals surface area contributed by atoms with Crippen molar-refractivity contribution in [1.82, 2.24) is 4.98 Å². The Hall–Kier alpha value is -3.87. The fraction of sp³-hybridized carbons (Fsp3) is 0. The van der Waals surface area contributed by atoms with Crippen molar-refractivity contribution in [2.24, 2.45) is 4.99 Å². The summed E-state index contributed by atoms with van der Waals surface area (Å²) in [5, 5.41) is 0. The number of rotatable bonds is 3. The number of halogens is 2. The molecular weight excluding hydrogens is 385 g/mol. The molecule has 0 unspecified atom stereocenters. The lowest BCUT2D eigenvalue weighted by Crippen LogP contribution is -2.34. The third-order valence-corrected chi connectivity index (χ3v) is 4.79. The van der Waals surface area contributed by atoms with Gasteiger partial charge in [-0.2, -0.15) is 0 Å². The summed E-state index contributed by atoms with van der Waals surface area (Å²) in [4.78, 5) is 7.59. The van der Waals surface area contributed by atoms with Crippen molar-refractivity contribution in [1.29, 1.82) is 0 Å². The number of hydrogen-bond donors (Lipinski definition) is 1. The third-order valence-electron chi connectivity index (χ3n) is 4.79. The van der Waals surface area contributed by atoms with Gasteiger partial charge in [0.2, 0.25) is 0 Å². The molecule has 30 heavy (non-hydrogen) atoms. The van der Waals surface area contributed by atoms with Gasteiger partial charge in [-0.1, -0.05) is 60.7 Å². The number of H-pyrrole nitrogens is 1. The molecule has 0 radical (unpaired) electrons. The maximum atomic E-state index is 14.3. The number of nitrogens with one attached hydrogen (secondary N) is 1. The molecule has 2 aliphatic rings. The summed E-state index contributed by atoms with van der Waals surface area (Å²) in [7, 11) is -4.52. The number of nitrogens with zero attached hydrogens (tertiary/aromatic N) is 1. The summed E-state index contributed by atoms with van der Waals surface area (Å²) in [6.07, 6.45) is 4.88. The van der Waals surface area contributed by atoms with Gasteiger partial charge in [0.15, 0.2) is 0 Å². The van der Waals surface area contributed by atoms with Crippen LogP contribution in [0.5, 0.6) is 0 Å². The topological polar surface area (TPSA) is 46.6 Å². The molecular formula is C23H16BF2N2O2-. The first-order valence-electron chi connectivity index (χ1n) is 9.48. The average molecular weight is 401 g/mol. The SMILES string of the molecule is F[B-]1(F)OC(c2ccc(-c3ccccc3)[nH]2)=C/C(=C2\C=CC(c3ccccc3)=N2)O1. The van der Waals surface area contributed by atoms with Gasteiger partial charge >= 0.3 is 7.11 Å². The van der Waals surface area contributed by atoms with Crippen LogP contribution in [0.3, 0.4) is 0 Å². The number of aromatic amines is 1. The van der Waals surface area contributed by atoms with E-state index in [1.165, 1.54) is 6.08 Å². The lowest BCUT2D eigenvalue weighted by Gasteiger charge is -2.34. The quantitative estimate of drug-likeness (QED) is 0.571. The average Bonchev–Trinajstić information content (AvgIpc) is 3.44. The minimum absolute atomic E-state index is 0.00712. The van der Waals surface area contributed by atoms with E-state index in [4.69, 9.17) is 9.31 Å². The zero-order chi connectivity index (χ0) is 20.6. The highest BCUT2D eigenvalue weighted by molar-refractivity contribution is 6.53. The number of allylic oxidation sites excluding steroid dienone is 3. The number of benzene rings is 2. The van der Waals surface area contributed by atoms with Crippen LogP contribution in [-0.4, -0.2) is 17.8 Å². The van der Waals surface area contributed by atoms with Crippen molar-refractivity contribution in [3.8, 4) is 11.3 Å². The molecule has 0 fully saturated rings. The zero-order valence-electron chi connectivity index (χ0n) is 15.8. The van der Waals surface area contributed by atoms with E-state index in [0.717, 1.165) is 16.8 Å². The molecule has 2 aromatic carbocycles. The summed E-state index contributed by atoms with van der Waals surface area (Å²) < 4.78 is 38.2. The molecule has 3 heterocycles. The molecule has 4 nitrogen and oxygen atoms in total. The van der Waals surface area contributed by atoms with Crippen LogP contribution in [0.1, 0.15) is 11.3 Å². The van der Waals surface area contributed by atoms with Gasteiger partial charge in [0, 0.05) is 17.3 Å². The van der Waals surface area contributed by atoms with Crippen LogP contribution < -0.4 is 0 Å². The maximum absolute atomic E-state index is 14.3. The fourth-order valence-corrected chi connectivity index (χ4v) is 3.38. The fourth-order valence-electron chi connectivity index (χ4n) is 3.38. The lowest BCUT2D eigenvalue weighted by molar-refractivity contribution is 0.171. The Morgan fingerprint density at radius 1 is 0.733 bits per heavy atom. The summed E-state index contributed by atoms with van der Waals surface area (Å²) in [6, 6.07) is 22.6. The lowest BCUT2D eigenvalue weighted by atomic mass is 10.1. The van der Waals surface area contributed by atoms with Gasteiger partial charge in [-0.3, -0.25) is 0 Å². The summed E-state index contributed by atoms with van der Waals surface area (Å²) in [5.41, 5.74) is 4.09. The molecule has 1 aromatic heterocycles. The van der Waals surface area contributed by atoms with Gasteiger partial charge in [0.05, 0.1) is 11.4 Å². The van der Waals surface area contributed by atoms with Crippen LogP contribution in [-0.2, 0) is 9.31 Å². The van der Waals surface area contributed by atoms with E-state index in [1.54, 1.807) is 18.2 Å². The van der Waals surface area contributed by atoms with Crippen LogP contribution in [0, 0.1) is 0 Å². The van der Waals surface area contributed by atoms with Crippen molar-refractivity contribution in [2.45, 2.75) is 0 Å². The monoisotopic (exact) mass is 401 g/mol. The van der Waals surface area contributed by atoms with Gasteiger partial charge in [0.25, 0.3) is 0 Å². The molecule has 0 amide bonds. The van der Waals surface area contributed by atoms with Gasteiger partial charge < -0.3 is 22.9 Å². The van der Waals surface area contributed by atoms with E-state index in [2.05, 4.69) is 9.98 Å². The van der Waals surface area contributed by atoms with Crippen molar-refractivity contribution in [3.05, 3.63) is 114 Å². The molecule has 7 heteroatoms. The third kappa shape index (κ3) is 3.57. The van der Waals surface area contributed by atoms with E-state index >= 15 is 0 Å². The predicted molar refractivity (Wildman–Crippen MR) is 113 cm³/mol. The number of aliphatic imine (C=N–C) groups is 1. The molecule has 0 spiro atoms. The van der Waals surface area contributed by atoms with Gasteiger partial charge in [-0.25, -0.2) is 4.99 Å².